The van der Waals surface area contributed by atoms with Crippen molar-refractivity contribution in [1.82, 2.24) is 10.2 Å². The zero-order valence-electron chi connectivity index (χ0n) is 10.1. The molecule has 0 bridgehead atoms. The van der Waals surface area contributed by atoms with Crippen LogP contribution < -0.4 is 15.4 Å². The number of rotatable bonds is 3. The zero-order valence-corrected chi connectivity index (χ0v) is 10.1. The van der Waals surface area contributed by atoms with Crippen molar-refractivity contribution in [3.63, 3.8) is 0 Å². The Hall–Kier alpha value is -2.24. The zero-order chi connectivity index (χ0) is 13.0. The van der Waals surface area contributed by atoms with Gasteiger partial charge in [-0.15, -0.1) is 0 Å². The second-order valence-corrected chi connectivity index (χ2v) is 3.84. The Morgan fingerprint density at radius 3 is 2.72 bits per heavy atom. The quantitative estimate of drug-likeness (QED) is 0.839. The third-order valence-electron chi connectivity index (χ3n) is 2.51. The van der Waals surface area contributed by atoms with E-state index < -0.39 is 0 Å². The molecule has 1 saturated heterocycles. The third kappa shape index (κ3) is 2.91. The molecule has 0 saturated carbocycles. The Kier molecular flexibility index (Phi) is 3.66. The van der Waals surface area contributed by atoms with Gasteiger partial charge in [-0.25, -0.2) is 4.79 Å². The summed E-state index contributed by atoms with van der Waals surface area (Å²) in [6, 6.07) is 6.79. The standard InChI is InChI=1S/C12H15N3O3/c1-2-18-10-5-3-9(4-6-10)14-12(17)15-7-11(16)13-8-15/h3-6H,2,7-8H2,1H3,(H,13,16)(H,14,17). The number of benzene rings is 1. The predicted octanol–water partition coefficient (Wildman–Crippen LogP) is 1.01. The molecule has 2 N–H and O–H groups in total. The van der Waals surface area contributed by atoms with E-state index in [-0.39, 0.29) is 25.2 Å². The average Bonchev–Trinajstić information content (AvgIpc) is 2.79. The molecule has 96 valence electrons. The average molecular weight is 249 g/mol. The van der Waals surface area contributed by atoms with Gasteiger partial charge in [0.15, 0.2) is 0 Å². The maximum atomic E-state index is 11.8. The number of ether oxygens (including phenoxy) is 1. The lowest BCUT2D eigenvalue weighted by molar-refractivity contribution is -0.118. The molecule has 18 heavy (non-hydrogen) atoms. The second kappa shape index (κ2) is 5.39. The van der Waals surface area contributed by atoms with Crippen LogP contribution in [0.3, 0.4) is 0 Å². The number of nitrogens with zero attached hydrogens (tertiary/aromatic N) is 1. The summed E-state index contributed by atoms with van der Waals surface area (Å²) in [5.74, 6) is 0.616. The molecule has 6 heteroatoms. The van der Waals surface area contributed by atoms with Gasteiger partial charge in [-0.05, 0) is 31.2 Å². The first-order valence-corrected chi connectivity index (χ1v) is 5.74. The van der Waals surface area contributed by atoms with Crippen molar-refractivity contribution < 1.29 is 14.3 Å². The van der Waals surface area contributed by atoms with Crippen molar-refractivity contribution in [2.75, 3.05) is 25.1 Å². The van der Waals surface area contributed by atoms with Crippen LogP contribution in [0.5, 0.6) is 5.75 Å². The highest BCUT2D eigenvalue weighted by Gasteiger charge is 2.23. The van der Waals surface area contributed by atoms with Crippen LogP contribution >= 0.6 is 0 Å². The molecular weight excluding hydrogens is 234 g/mol. The largest absolute Gasteiger partial charge is 0.494 e. The minimum absolute atomic E-state index is 0.100. The van der Waals surface area contributed by atoms with E-state index in [1.807, 2.05) is 6.92 Å². The van der Waals surface area contributed by atoms with E-state index in [1.165, 1.54) is 4.90 Å². The first-order chi connectivity index (χ1) is 8.69. The minimum atomic E-state index is -0.294. The fourth-order valence-corrected chi connectivity index (χ4v) is 1.62. The van der Waals surface area contributed by atoms with Gasteiger partial charge in [0.1, 0.15) is 12.3 Å². The summed E-state index contributed by atoms with van der Waals surface area (Å²) in [6.07, 6.45) is 0. The van der Waals surface area contributed by atoms with Crippen molar-refractivity contribution in [3.8, 4) is 5.75 Å². The smallest absolute Gasteiger partial charge is 0.323 e. The Morgan fingerprint density at radius 2 is 2.17 bits per heavy atom. The molecule has 3 amide bonds. The number of carbonyl (C=O) groups is 2. The molecule has 1 aromatic carbocycles. The number of hydrogen-bond acceptors (Lipinski definition) is 3. The number of nitrogens with one attached hydrogen (secondary N) is 2. The van der Waals surface area contributed by atoms with Crippen LogP contribution in [0.4, 0.5) is 10.5 Å². The highest BCUT2D eigenvalue weighted by molar-refractivity contribution is 5.94. The van der Waals surface area contributed by atoms with Gasteiger partial charge in [0.2, 0.25) is 5.91 Å². The maximum absolute atomic E-state index is 11.8. The summed E-state index contributed by atoms with van der Waals surface area (Å²) >= 11 is 0. The van der Waals surface area contributed by atoms with E-state index in [9.17, 15) is 9.59 Å². The van der Waals surface area contributed by atoms with Crippen LogP contribution in [0.1, 0.15) is 6.92 Å². The predicted molar refractivity (Wildman–Crippen MR) is 66.3 cm³/mol. The van der Waals surface area contributed by atoms with Crippen molar-refractivity contribution in [3.05, 3.63) is 24.3 Å². The van der Waals surface area contributed by atoms with Crippen LogP contribution in [-0.2, 0) is 4.79 Å². The van der Waals surface area contributed by atoms with Crippen LogP contribution in [0.2, 0.25) is 0 Å². The lowest BCUT2D eigenvalue weighted by Gasteiger charge is -2.14. The fourth-order valence-electron chi connectivity index (χ4n) is 1.62. The number of carbonyl (C=O) groups excluding carboxylic acids is 2. The number of amides is 3. The molecule has 1 aromatic rings. The van der Waals surface area contributed by atoms with Gasteiger partial charge in [-0.3, -0.25) is 9.69 Å². The SMILES string of the molecule is CCOc1ccc(NC(=O)N2CNC(=O)C2)cc1. The number of urea groups is 1. The minimum Gasteiger partial charge on any atom is -0.494 e. The first kappa shape index (κ1) is 12.2. The third-order valence-corrected chi connectivity index (χ3v) is 2.51. The summed E-state index contributed by atoms with van der Waals surface area (Å²) in [5.41, 5.74) is 0.669. The summed E-state index contributed by atoms with van der Waals surface area (Å²) in [5, 5.41) is 5.28. The van der Waals surface area contributed by atoms with E-state index in [0.29, 0.717) is 12.3 Å². The summed E-state index contributed by atoms with van der Waals surface area (Å²) < 4.78 is 5.30. The fraction of sp³-hybridized carbons (Fsp3) is 0.333. The van der Waals surface area contributed by atoms with Crippen LogP contribution in [-0.4, -0.2) is 36.7 Å². The van der Waals surface area contributed by atoms with Crippen molar-refractivity contribution >= 4 is 17.6 Å². The molecule has 6 nitrogen and oxygen atoms in total. The molecule has 2 rings (SSSR count). The van der Waals surface area contributed by atoms with Gasteiger partial charge in [-0.1, -0.05) is 0 Å². The lowest BCUT2D eigenvalue weighted by atomic mass is 10.3. The van der Waals surface area contributed by atoms with Crippen LogP contribution in [0.25, 0.3) is 0 Å². The molecular formula is C12H15N3O3. The van der Waals surface area contributed by atoms with Crippen LogP contribution in [0, 0.1) is 0 Å². The molecule has 1 heterocycles. The van der Waals surface area contributed by atoms with Gasteiger partial charge in [0.05, 0.1) is 13.3 Å². The number of hydrogen-bond donors (Lipinski definition) is 2. The summed E-state index contributed by atoms with van der Waals surface area (Å²) in [7, 11) is 0. The molecule has 1 fully saturated rings. The molecule has 0 spiro atoms. The molecule has 0 aliphatic carbocycles. The van der Waals surface area contributed by atoms with Gasteiger partial charge in [0.25, 0.3) is 0 Å². The van der Waals surface area contributed by atoms with Crippen LogP contribution in [0.15, 0.2) is 24.3 Å². The van der Waals surface area contributed by atoms with E-state index >= 15 is 0 Å². The molecule has 1 aliphatic heterocycles. The van der Waals surface area contributed by atoms with Crippen molar-refractivity contribution in [1.29, 1.82) is 0 Å². The summed E-state index contributed by atoms with van der Waals surface area (Å²) in [6.45, 7) is 2.87. The van der Waals surface area contributed by atoms with Gasteiger partial charge in [-0.2, -0.15) is 0 Å². The maximum Gasteiger partial charge on any atom is 0.323 e. The van der Waals surface area contributed by atoms with E-state index in [2.05, 4.69) is 10.6 Å². The Morgan fingerprint density at radius 1 is 1.44 bits per heavy atom. The molecule has 0 atom stereocenters. The molecule has 0 radical (unpaired) electrons. The normalized spacial score (nSPS) is 14.3. The van der Waals surface area contributed by atoms with Crippen molar-refractivity contribution in [2.45, 2.75) is 6.92 Å². The van der Waals surface area contributed by atoms with Gasteiger partial charge in [0, 0.05) is 5.69 Å². The Bertz CT molecular complexity index is 444. The molecule has 1 aliphatic rings. The van der Waals surface area contributed by atoms with E-state index in [1.54, 1.807) is 24.3 Å². The second-order valence-electron chi connectivity index (χ2n) is 3.84. The lowest BCUT2D eigenvalue weighted by Crippen LogP contribution is -2.33. The first-order valence-electron chi connectivity index (χ1n) is 5.74. The van der Waals surface area contributed by atoms with Crippen molar-refractivity contribution in [2.24, 2.45) is 0 Å². The molecule has 0 aromatic heterocycles. The highest BCUT2D eigenvalue weighted by atomic mass is 16.5. The number of anilines is 1. The van der Waals surface area contributed by atoms with Gasteiger partial charge < -0.3 is 15.4 Å². The Labute approximate surface area is 105 Å². The monoisotopic (exact) mass is 249 g/mol. The Balaban J connectivity index is 1.92. The highest BCUT2D eigenvalue weighted by Crippen LogP contribution is 2.16. The van der Waals surface area contributed by atoms with E-state index in [0.717, 1.165) is 5.75 Å². The summed E-state index contributed by atoms with van der Waals surface area (Å²) in [4.78, 5) is 24.1. The van der Waals surface area contributed by atoms with E-state index in [4.69, 9.17) is 4.74 Å². The topological polar surface area (TPSA) is 70.7 Å². The molecule has 0 unspecified atom stereocenters. The van der Waals surface area contributed by atoms with Gasteiger partial charge >= 0.3 is 6.03 Å².